The number of rotatable bonds is 6. The molecule has 6 rings (SSSR count). The summed E-state index contributed by atoms with van der Waals surface area (Å²) in [5, 5.41) is 10.8. The van der Waals surface area contributed by atoms with Crippen molar-refractivity contribution in [1.29, 1.82) is 0 Å². The third kappa shape index (κ3) is 8.49. The number of carbonyl (C=O) groups excluding carboxylic acids is 2. The molecule has 0 aliphatic carbocycles. The van der Waals surface area contributed by atoms with Crippen molar-refractivity contribution >= 4 is 68.0 Å². The van der Waals surface area contributed by atoms with Gasteiger partial charge >= 0.3 is 0 Å². The first kappa shape index (κ1) is 39.2. The van der Waals surface area contributed by atoms with E-state index in [2.05, 4.69) is 20.6 Å². The maximum Gasteiger partial charge on any atom is 0.255 e. The quantitative estimate of drug-likeness (QED) is 0.178. The van der Waals surface area contributed by atoms with Gasteiger partial charge in [0.1, 0.15) is 17.5 Å². The Balaban J connectivity index is 0.000000222. The number of amides is 2. The van der Waals surface area contributed by atoms with Crippen LogP contribution in [-0.2, 0) is 0 Å². The van der Waals surface area contributed by atoms with E-state index < -0.39 is 0 Å². The first-order valence-electron chi connectivity index (χ1n) is 17.0. The molecule has 0 aliphatic rings. The van der Waals surface area contributed by atoms with Crippen LogP contribution in [0, 0.1) is 33.5 Å². The van der Waals surface area contributed by atoms with E-state index >= 15 is 0 Å². The van der Waals surface area contributed by atoms with E-state index in [0.717, 1.165) is 49.5 Å². The van der Waals surface area contributed by atoms with Gasteiger partial charge in [0.25, 0.3) is 11.8 Å². The number of pyridine rings is 2. The molecule has 0 radical (unpaired) electrons. The summed E-state index contributed by atoms with van der Waals surface area (Å²) in [7, 11) is 6.92. The lowest BCUT2D eigenvalue weighted by atomic mass is 10.0. The predicted octanol–water partition coefficient (Wildman–Crippen LogP) is 10.4. The van der Waals surface area contributed by atoms with Crippen molar-refractivity contribution in [2.45, 2.75) is 41.5 Å². The lowest BCUT2D eigenvalue weighted by Crippen LogP contribution is -2.22. The zero-order chi connectivity index (χ0) is 38.3. The number of halogens is 2. The summed E-state index contributed by atoms with van der Waals surface area (Å²) in [6.45, 7) is 11.8. The Morgan fingerprint density at radius 3 is 1.58 bits per heavy atom. The average Bonchev–Trinajstić information content (AvgIpc) is 3.13. The van der Waals surface area contributed by atoms with Gasteiger partial charge in [0.05, 0.1) is 11.1 Å². The molecule has 270 valence electrons. The number of benzene rings is 4. The Morgan fingerprint density at radius 2 is 1.10 bits per heavy atom. The molecule has 8 nitrogen and oxygen atoms in total. The summed E-state index contributed by atoms with van der Waals surface area (Å²) in [6.07, 6.45) is 3.22. The first-order chi connectivity index (χ1) is 24.8. The molecule has 2 aromatic heterocycles. The van der Waals surface area contributed by atoms with Crippen molar-refractivity contribution < 1.29 is 14.0 Å². The summed E-state index contributed by atoms with van der Waals surface area (Å²) in [5.41, 5.74) is 6.61. The van der Waals surface area contributed by atoms with E-state index in [1.807, 2.05) is 96.1 Å². The minimum Gasteiger partial charge on any atom is -0.345 e. The van der Waals surface area contributed by atoms with Gasteiger partial charge in [0.15, 0.2) is 0 Å². The molecule has 0 atom stereocenters. The molecule has 0 fully saturated rings. The van der Waals surface area contributed by atoms with Crippen LogP contribution in [-0.4, -0.2) is 59.8 Å². The Labute approximate surface area is 310 Å². The van der Waals surface area contributed by atoms with Crippen LogP contribution in [0.1, 0.15) is 56.8 Å². The largest absolute Gasteiger partial charge is 0.345 e. The Morgan fingerprint density at radius 1 is 0.635 bits per heavy atom. The monoisotopic (exact) mass is 720 g/mol. The summed E-state index contributed by atoms with van der Waals surface area (Å²) in [5.74, 6) is 0.840. The molecule has 2 N–H and O–H groups in total. The lowest BCUT2D eigenvalue weighted by Gasteiger charge is -2.17. The molecule has 4 aromatic carbocycles. The number of aryl methyl sites for hydroxylation is 3. The van der Waals surface area contributed by atoms with E-state index in [4.69, 9.17) is 11.6 Å². The highest BCUT2D eigenvalue weighted by molar-refractivity contribution is 6.31. The fourth-order valence-corrected chi connectivity index (χ4v) is 5.88. The predicted molar refractivity (Wildman–Crippen MR) is 214 cm³/mol. The molecule has 0 bridgehead atoms. The van der Waals surface area contributed by atoms with Gasteiger partial charge in [-0.1, -0.05) is 74.0 Å². The number of hydrogen-bond acceptors (Lipinski definition) is 6. The number of aromatic nitrogens is 2. The number of anilines is 4. The fourth-order valence-electron chi connectivity index (χ4n) is 5.70. The molecular formula is C42H46ClFN6O2. The molecule has 6 aromatic rings. The summed E-state index contributed by atoms with van der Waals surface area (Å²) >= 11 is 6.21. The van der Waals surface area contributed by atoms with Gasteiger partial charge in [-0.3, -0.25) is 9.59 Å². The van der Waals surface area contributed by atoms with E-state index in [-0.39, 0.29) is 17.6 Å². The fraction of sp³-hybridized carbons (Fsp3) is 0.238. The van der Waals surface area contributed by atoms with E-state index in [9.17, 15) is 14.0 Å². The van der Waals surface area contributed by atoms with Gasteiger partial charge in [0.2, 0.25) is 0 Å². The normalized spacial score (nSPS) is 10.5. The van der Waals surface area contributed by atoms with Gasteiger partial charge in [-0.15, -0.1) is 0 Å². The van der Waals surface area contributed by atoms with Gasteiger partial charge in [-0.2, -0.15) is 0 Å². The molecule has 0 spiro atoms. The summed E-state index contributed by atoms with van der Waals surface area (Å²) < 4.78 is 13.6. The molecular weight excluding hydrogens is 675 g/mol. The molecule has 0 saturated heterocycles. The highest BCUT2D eigenvalue weighted by atomic mass is 35.5. The summed E-state index contributed by atoms with van der Waals surface area (Å²) in [6, 6.07) is 22.1. The van der Waals surface area contributed by atoms with E-state index in [0.29, 0.717) is 33.5 Å². The number of carbonyl (C=O) groups is 2. The second-order valence-electron chi connectivity index (χ2n) is 12.6. The SMILES string of the molecule is CC.Cc1c(Cl)cccc1Nc1ncc(C(=O)N(C)C)c2c(C)cccc12.Cc1ccc(F)cc1Nc1ncc(C(=O)N(C)C)c2c(C)cccc12. The maximum absolute atomic E-state index is 13.6. The van der Waals surface area contributed by atoms with Crippen LogP contribution in [0.5, 0.6) is 0 Å². The van der Waals surface area contributed by atoms with Gasteiger partial charge in [0, 0.05) is 78.5 Å². The van der Waals surface area contributed by atoms with Crippen molar-refractivity contribution in [3.63, 3.8) is 0 Å². The highest BCUT2D eigenvalue weighted by Crippen LogP contribution is 2.33. The van der Waals surface area contributed by atoms with Crippen LogP contribution in [0.3, 0.4) is 0 Å². The Hall–Kier alpha value is -5.54. The lowest BCUT2D eigenvalue weighted by molar-refractivity contribution is 0.0822. The van der Waals surface area contributed by atoms with E-state index in [1.165, 1.54) is 17.0 Å². The minimum absolute atomic E-state index is 0.0581. The van der Waals surface area contributed by atoms with E-state index in [1.54, 1.807) is 51.6 Å². The van der Waals surface area contributed by atoms with Crippen molar-refractivity contribution in [2.75, 3.05) is 38.8 Å². The van der Waals surface area contributed by atoms with Gasteiger partial charge in [-0.05, 0) is 74.2 Å². The first-order valence-corrected chi connectivity index (χ1v) is 17.4. The van der Waals surface area contributed by atoms with Crippen LogP contribution in [0.25, 0.3) is 21.5 Å². The standard InChI is InChI=1S/C20H20ClN3O.C20H20FN3O.C2H6/c1-12-7-5-8-14-18(12)15(20(25)24(3)4)11-22-19(14)23-17-10-6-9-16(21)13(17)2;1-12-8-9-14(21)10-17(12)23-19-15-7-5-6-13(2)18(15)16(11-22-19)20(25)24(3)4;1-2/h2*5-11H,1-4H3,(H,22,23);1-2H3. The van der Waals surface area contributed by atoms with Crippen LogP contribution in [0.2, 0.25) is 5.02 Å². The van der Waals surface area contributed by atoms with Gasteiger partial charge in [-0.25, -0.2) is 14.4 Å². The second-order valence-corrected chi connectivity index (χ2v) is 13.0. The highest BCUT2D eigenvalue weighted by Gasteiger charge is 2.19. The zero-order valence-electron chi connectivity index (χ0n) is 31.4. The smallest absolute Gasteiger partial charge is 0.255 e. The average molecular weight is 721 g/mol. The topological polar surface area (TPSA) is 90.5 Å². The molecule has 2 heterocycles. The molecule has 52 heavy (non-hydrogen) atoms. The zero-order valence-corrected chi connectivity index (χ0v) is 32.2. The minimum atomic E-state index is -0.312. The van der Waals surface area contributed by atoms with Crippen LogP contribution in [0.4, 0.5) is 27.4 Å². The second kappa shape index (κ2) is 17.1. The summed E-state index contributed by atoms with van der Waals surface area (Å²) in [4.78, 5) is 37.1. The van der Waals surface area contributed by atoms with Crippen LogP contribution in [0.15, 0.2) is 85.2 Å². The van der Waals surface area contributed by atoms with Crippen LogP contribution < -0.4 is 10.6 Å². The number of nitrogens with zero attached hydrogens (tertiary/aromatic N) is 4. The molecule has 2 amide bonds. The number of hydrogen-bond donors (Lipinski definition) is 2. The number of nitrogens with one attached hydrogen (secondary N) is 2. The Kier molecular flexibility index (Phi) is 12.9. The maximum atomic E-state index is 13.6. The van der Waals surface area contributed by atoms with Crippen LogP contribution >= 0.6 is 11.6 Å². The van der Waals surface area contributed by atoms with Crippen molar-refractivity contribution in [3.8, 4) is 0 Å². The number of fused-ring (bicyclic) bond motifs is 2. The third-order valence-corrected chi connectivity index (χ3v) is 8.90. The molecule has 0 aliphatic heterocycles. The van der Waals surface area contributed by atoms with Crippen molar-refractivity contribution in [3.05, 3.63) is 129 Å². The Bertz CT molecular complexity index is 2140. The van der Waals surface area contributed by atoms with Gasteiger partial charge < -0.3 is 20.4 Å². The van der Waals surface area contributed by atoms with Crippen molar-refractivity contribution in [1.82, 2.24) is 19.8 Å². The molecule has 0 unspecified atom stereocenters. The van der Waals surface area contributed by atoms with Crippen molar-refractivity contribution in [2.24, 2.45) is 0 Å². The molecule has 0 saturated carbocycles. The molecule has 10 heteroatoms. The third-order valence-electron chi connectivity index (χ3n) is 8.49.